The summed E-state index contributed by atoms with van der Waals surface area (Å²) >= 11 is 0. The number of hydrogen-bond donors (Lipinski definition) is 1. The fourth-order valence-corrected chi connectivity index (χ4v) is 2.06. The second-order valence-corrected chi connectivity index (χ2v) is 4.82. The largest absolute Gasteiger partial charge is 0.473 e. The fourth-order valence-electron chi connectivity index (χ4n) is 2.06. The monoisotopic (exact) mass is 251 g/mol. The molecule has 1 aromatic heterocycles. The third kappa shape index (κ3) is 2.85. The SMILES string of the molecule is COC1CCN(c2ccc(N)c(OC(C)C)n2)C1. The van der Waals surface area contributed by atoms with Gasteiger partial charge in [0.1, 0.15) is 5.82 Å². The van der Waals surface area contributed by atoms with Crippen LogP contribution in [0.15, 0.2) is 12.1 Å². The first kappa shape index (κ1) is 13.0. The lowest BCUT2D eigenvalue weighted by atomic mass is 10.3. The van der Waals surface area contributed by atoms with Crippen molar-refractivity contribution in [2.24, 2.45) is 0 Å². The van der Waals surface area contributed by atoms with Crippen LogP contribution in [-0.2, 0) is 4.74 Å². The van der Waals surface area contributed by atoms with Gasteiger partial charge < -0.3 is 20.1 Å². The minimum absolute atomic E-state index is 0.0698. The molecule has 0 aromatic carbocycles. The third-order valence-electron chi connectivity index (χ3n) is 3.02. The van der Waals surface area contributed by atoms with E-state index in [0.29, 0.717) is 17.7 Å². The van der Waals surface area contributed by atoms with Crippen LogP contribution in [0.25, 0.3) is 0 Å². The molecule has 100 valence electrons. The molecule has 1 aromatic rings. The number of nitrogens with two attached hydrogens (primary N) is 1. The van der Waals surface area contributed by atoms with Crippen LogP contribution < -0.4 is 15.4 Å². The zero-order valence-electron chi connectivity index (χ0n) is 11.2. The van der Waals surface area contributed by atoms with Crippen LogP contribution in [0.5, 0.6) is 5.88 Å². The maximum Gasteiger partial charge on any atom is 0.239 e. The zero-order chi connectivity index (χ0) is 13.1. The van der Waals surface area contributed by atoms with E-state index in [-0.39, 0.29) is 6.10 Å². The summed E-state index contributed by atoms with van der Waals surface area (Å²) < 4.78 is 11.0. The average Bonchev–Trinajstić information content (AvgIpc) is 2.80. The highest BCUT2D eigenvalue weighted by Gasteiger charge is 2.23. The molecule has 1 aliphatic heterocycles. The summed E-state index contributed by atoms with van der Waals surface area (Å²) in [5, 5.41) is 0. The van der Waals surface area contributed by atoms with E-state index in [0.717, 1.165) is 25.3 Å². The Balaban J connectivity index is 2.14. The zero-order valence-corrected chi connectivity index (χ0v) is 11.2. The van der Waals surface area contributed by atoms with Crippen molar-refractivity contribution in [3.05, 3.63) is 12.1 Å². The Labute approximate surface area is 108 Å². The Morgan fingerprint density at radius 3 is 2.83 bits per heavy atom. The molecule has 0 saturated carbocycles. The first-order chi connectivity index (χ1) is 8.60. The minimum atomic E-state index is 0.0698. The van der Waals surface area contributed by atoms with Crippen molar-refractivity contribution in [2.75, 3.05) is 30.8 Å². The van der Waals surface area contributed by atoms with Crippen molar-refractivity contribution in [1.29, 1.82) is 0 Å². The van der Waals surface area contributed by atoms with Gasteiger partial charge in [-0.15, -0.1) is 0 Å². The van der Waals surface area contributed by atoms with Gasteiger partial charge in [0.2, 0.25) is 5.88 Å². The molecule has 0 radical (unpaired) electrons. The van der Waals surface area contributed by atoms with E-state index in [1.165, 1.54) is 0 Å². The average molecular weight is 251 g/mol. The van der Waals surface area contributed by atoms with Gasteiger partial charge in [0.05, 0.1) is 17.9 Å². The predicted octanol–water partition coefficient (Wildman–Crippen LogP) is 1.68. The van der Waals surface area contributed by atoms with Crippen molar-refractivity contribution < 1.29 is 9.47 Å². The van der Waals surface area contributed by atoms with Gasteiger partial charge in [0.15, 0.2) is 0 Å². The molecule has 1 unspecified atom stereocenters. The third-order valence-corrected chi connectivity index (χ3v) is 3.02. The number of nitrogen functional groups attached to an aromatic ring is 1. The van der Waals surface area contributed by atoms with Gasteiger partial charge in [-0.1, -0.05) is 0 Å². The molecule has 2 N–H and O–H groups in total. The molecule has 0 aliphatic carbocycles. The highest BCUT2D eigenvalue weighted by atomic mass is 16.5. The molecule has 18 heavy (non-hydrogen) atoms. The number of aromatic nitrogens is 1. The van der Waals surface area contributed by atoms with E-state index in [1.807, 2.05) is 26.0 Å². The van der Waals surface area contributed by atoms with Gasteiger partial charge in [-0.2, -0.15) is 4.98 Å². The van der Waals surface area contributed by atoms with E-state index >= 15 is 0 Å². The Hall–Kier alpha value is -1.49. The van der Waals surface area contributed by atoms with Gasteiger partial charge in [0.25, 0.3) is 0 Å². The van der Waals surface area contributed by atoms with E-state index in [1.54, 1.807) is 7.11 Å². The molecule has 1 atom stereocenters. The number of nitrogens with zero attached hydrogens (tertiary/aromatic N) is 2. The quantitative estimate of drug-likeness (QED) is 0.882. The van der Waals surface area contributed by atoms with Gasteiger partial charge in [0, 0.05) is 20.2 Å². The molecule has 1 aliphatic rings. The Kier molecular flexibility index (Phi) is 3.91. The number of hydrogen-bond acceptors (Lipinski definition) is 5. The van der Waals surface area contributed by atoms with Crippen LogP contribution in [0.2, 0.25) is 0 Å². The van der Waals surface area contributed by atoms with E-state index in [9.17, 15) is 0 Å². The van der Waals surface area contributed by atoms with Crippen LogP contribution in [0.1, 0.15) is 20.3 Å². The summed E-state index contributed by atoms with van der Waals surface area (Å²) in [5.41, 5.74) is 6.44. The summed E-state index contributed by atoms with van der Waals surface area (Å²) in [6.07, 6.45) is 1.39. The lowest BCUT2D eigenvalue weighted by Gasteiger charge is -2.19. The normalized spacial score (nSPS) is 19.6. The molecule has 0 bridgehead atoms. The lowest BCUT2D eigenvalue weighted by molar-refractivity contribution is 0.121. The van der Waals surface area contributed by atoms with Gasteiger partial charge >= 0.3 is 0 Å². The minimum Gasteiger partial charge on any atom is -0.473 e. The lowest BCUT2D eigenvalue weighted by Crippen LogP contribution is -2.23. The van der Waals surface area contributed by atoms with Crippen molar-refractivity contribution in [3.8, 4) is 5.88 Å². The molecular formula is C13H21N3O2. The van der Waals surface area contributed by atoms with Crippen LogP contribution in [0.4, 0.5) is 11.5 Å². The maximum atomic E-state index is 5.86. The first-order valence-corrected chi connectivity index (χ1v) is 6.31. The second-order valence-electron chi connectivity index (χ2n) is 4.82. The predicted molar refractivity (Wildman–Crippen MR) is 72.0 cm³/mol. The summed E-state index contributed by atoms with van der Waals surface area (Å²) in [6, 6.07) is 3.78. The molecule has 2 rings (SSSR count). The van der Waals surface area contributed by atoms with Crippen LogP contribution >= 0.6 is 0 Å². The molecule has 5 heteroatoms. The van der Waals surface area contributed by atoms with Crippen LogP contribution in [-0.4, -0.2) is 37.4 Å². The first-order valence-electron chi connectivity index (χ1n) is 6.31. The smallest absolute Gasteiger partial charge is 0.239 e. The van der Waals surface area contributed by atoms with E-state index in [4.69, 9.17) is 15.2 Å². The Morgan fingerprint density at radius 1 is 1.44 bits per heavy atom. The molecule has 1 saturated heterocycles. The summed E-state index contributed by atoms with van der Waals surface area (Å²) in [5.74, 6) is 1.42. The summed E-state index contributed by atoms with van der Waals surface area (Å²) in [4.78, 5) is 6.68. The number of methoxy groups -OCH3 is 1. The summed E-state index contributed by atoms with van der Waals surface area (Å²) in [6.45, 7) is 5.75. The van der Waals surface area contributed by atoms with Crippen LogP contribution in [0.3, 0.4) is 0 Å². The van der Waals surface area contributed by atoms with Gasteiger partial charge in [-0.25, -0.2) is 0 Å². The number of pyridine rings is 1. The van der Waals surface area contributed by atoms with E-state index in [2.05, 4.69) is 9.88 Å². The molecule has 0 amide bonds. The molecule has 1 fully saturated rings. The van der Waals surface area contributed by atoms with Crippen molar-refractivity contribution in [3.63, 3.8) is 0 Å². The van der Waals surface area contributed by atoms with Crippen molar-refractivity contribution >= 4 is 11.5 Å². The van der Waals surface area contributed by atoms with Crippen LogP contribution in [0, 0.1) is 0 Å². The second kappa shape index (κ2) is 5.44. The molecule has 2 heterocycles. The highest BCUT2D eigenvalue weighted by molar-refractivity contribution is 5.55. The highest BCUT2D eigenvalue weighted by Crippen LogP contribution is 2.26. The molecular weight excluding hydrogens is 230 g/mol. The molecule has 5 nitrogen and oxygen atoms in total. The van der Waals surface area contributed by atoms with Gasteiger partial charge in [-0.05, 0) is 32.4 Å². The number of anilines is 2. The fraction of sp³-hybridized carbons (Fsp3) is 0.615. The maximum absolute atomic E-state index is 5.86. The van der Waals surface area contributed by atoms with Crippen molar-refractivity contribution in [2.45, 2.75) is 32.5 Å². The number of rotatable bonds is 4. The standard InChI is InChI=1S/C13H21N3O2/c1-9(2)18-13-11(14)4-5-12(15-13)16-7-6-10(8-16)17-3/h4-5,9-10H,6-8,14H2,1-3H3. The Morgan fingerprint density at radius 2 is 2.22 bits per heavy atom. The van der Waals surface area contributed by atoms with E-state index < -0.39 is 0 Å². The summed E-state index contributed by atoms with van der Waals surface area (Å²) in [7, 11) is 1.75. The van der Waals surface area contributed by atoms with Crippen molar-refractivity contribution in [1.82, 2.24) is 4.98 Å². The topological polar surface area (TPSA) is 60.6 Å². The number of ether oxygens (including phenoxy) is 2. The Bertz CT molecular complexity index is 409. The molecule has 0 spiro atoms. The van der Waals surface area contributed by atoms with Gasteiger partial charge in [-0.3, -0.25) is 0 Å².